The fraction of sp³-hybridized carbons (Fsp3) is 0.333. The lowest BCUT2D eigenvalue weighted by Crippen LogP contribution is -2.30. The van der Waals surface area contributed by atoms with Crippen LogP contribution in [0.25, 0.3) is 0 Å². The van der Waals surface area contributed by atoms with E-state index in [0.717, 1.165) is 19.4 Å². The van der Waals surface area contributed by atoms with E-state index in [0.29, 0.717) is 28.4 Å². The number of para-hydroxylation sites is 1. The molecule has 7 heteroatoms. The van der Waals surface area contributed by atoms with Crippen LogP contribution in [-0.4, -0.2) is 31.3 Å². The summed E-state index contributed by atoms with van der Waals surface area (Å²) in [5.74, 6) is 0.218. The first kappa shape index (κ1) is 19.5. The van der Waals surface area contributed by atoms with Crippen molar-refractivity contribution in [2.75, 3.05) is 24.0 Å². The van der Waals surface area contributed by atoms with Crippen molar-refractivity contribution in [1.82, 2.24) is 0 Å². The van der Waals surface area contributed by atoms with E-state index in [1.54, 1.807) is 30.3 Å². The van der Waals surface area contributed by atoms with Gasteiger partial charge < -0.3 is 24.8 Å². The molecule has 0 fully saturated rings. The SMILES string of the molecule is CCCCNc1ccccc1C(=O)O[C@@H](C)C(=O)Nc1ccc2c(c1)OCO2. The quantitative estimate of drug-likeness (QED) is 0.532. The molecule has 0 saturated heterocycles. The fourth-order valence-electron chi connectivity index (χ4n) is 2.71. The molecule has 0 aromatic heterocycles. The van der Waals surface area contributed by atoms with Crippen molar-refractivity contribution in [1.29, 1.82) is 0 Å². The molecule has 0 unspecified atom stereocenters. The van der Waals surface area contributed by atoms with E-state index >= 15 is 0 Å². The normalized spacial score (nSPS) is 12.9. The molecular weight excluding hydrogens is 360 g/mol. The van der Waals surface area contributed by atoms with Crippen LogP contribution in [-0.2, 0) is 9.53 Å². The minimum absolute atomic E-state index is 0.159. The summed E-state index contributed by atoms with van der Waals surface area (Å²) in [6.45, 7) is 4.56. The molecule has 148 valence electrons. The van der Waals surface area contributed by atoms with Gasteiger partial charge in [0.05, 0.1) is 5.56 Å². The molecule has 0 radical (unpaired) electrons. The molecule has 28 heavy (non-hydrogen) atoms. The number of carbonyl (C=O) groups is 2. The van der Waals surface area contributed by atoms with Gasteiger partial charge in [-0.05, 0) is 37.6 Å². The highest BCUT2D eigenvalue weighted by Crippen LogP contribution is 2.34. The Hall–Kier alpha value is -3.22. The summed E-state index contributed by atoms with van der Waals surface area (Å²) in [6.07, 6.45) is 1.09. The predicted molar refractivity (Wildman–Crippen MR) is 106 cm³/mol. The predicted octanol–water partition coefficient (Wildman–Crippen LogP) is 3.81. The maximum atomic E-state index is 12.5. The lowest BCUT2D eigenvalue weighted by atomic mass is 10.1. The van der Waals surface area contributed by atoms with Crippen LogP contribution in [0.4, 0.5) is 11.4 Å². The number of anilines is 2. The number of hydrogen-bond acceptors (Lipinski definition) is 6. The molecule has 1 amide bonds. The largest absolute Gasteiger partial charge is 0.454 e. The molecule has 0 bridgehead atoms. The van der Waals surface area contributed by atoms with Crippen molar-refractivity contribution >= 4 is 23.3 Å². The van der Waals surface area contributed by atoms with Crippen molar-refractivity contribution < 1.29 is 23.8 Å². The van der Waals surface area contributed by atoms with Gasteiger partial charge in [-0.25, -0.2) is 4.79 Å². The van der Waals surface area contributed by atoms with E-state index in [-0.39, 0.29) is 6.79 Å². The van der Waals surface area contributed by atoms with Gasteiger partial charge in [-0.15, -0.1) is 0 Å². The molecule has 1 heterocycles. The molecule has 2 N–H and O–H groups in total. The Morgan fingerprint density at radius 1 is 1.14 bits per heavy atom. The smallest absolute Gasteiger partial charge is 0.341 e. The Morgan fingerprint density at radius 3 is 2.75 bits per heavy atom. The molecule has 1 atom stereocenters. The molecule has 0 saturated carbocycles. The monoisotopic (exact) mass is 384 g/mol. The van der Waals surface area contributed by atoms with Gasteiger partial charge >= 0.3 is 5.97 Å². The molecule has 3 rings (SSSR count). The zero-order chi connectivity index (χ0) is 19.9. The number of unbranched alkanes of at least 4 members (excludes halogenated alkanes) is 1. The number of hydrogen-bond donors (Lipinski definition) is 2. The number of amides is 1. The van der Waals surface area contributed by atoms with Crippen molar-refractivity contribution in [2.45, 2.75) is 32.8 Å². The van der Waals surface area contributed by atoms with Crippen LogP contribution in [0.3, 0.4) is 0 Å². The summed E-state index contributed by atoms with van der Waals surface area (Å²) in [5, 5.41) is 5.95. The van der Waals surface area contributed by atoms with Gasteiger partial charge in [-0.3, -0.25) is 4.79 Å². The first-order valence-corrected chi connectivity index (χ1v) is 9.33. The number of fused-ring (bicyclic) bond motifs is 1. The maximum absolute atomic E-state index is 12.5. The van der Waals surface area contributed by atoms with Gasteiger partial charge in [0.2, 0.25) is 6.79 Å². The number of rotatable bonds is 8. The minimum Gasteiger partial charge on any atom is -0.454 e. The summed E-state index contributed by atoms with van der Waals surface area (Å²) in [6, 6.07) is 12.2. The fourth-order valence-corrected chi connectivity index (χ4v) is 2.71. The summed E-state index contributed by atoms with van der Waals surface area (Å²) in [4.78, 5) is 24.9. The highest BCUT2D eigenvalue weighted by molar-refractivity contribution is 5.99. The first-order valence-electron chi connectivity index (χ1n) is 9.33. The molecule has 7 nitrogen and oxygen atoms in total. The topological polar surface area (TPSA) is 85.9 Å². The average molecular weight is 384 g/mol. The van der Waals surface area contributed by atoms with Crippen molar-refractivity contribution in [3.8, 4) is 11.5 Å². The Balaban J connectivity index is 1.60. The van der Waals surface area contributed by atoms with E-state index in [2.05, 4.69) is 17.6 Å². The van der Waals surface area contributed by atoms with E-state index in [4.69, 9.17) is 14.2 Å². The van der Waals surface area contributed by atoms with E-state index in [9.17, 15) is 9.59 Å². The number of benzene rings is 2. The lowest BCUT2D eigenvalue weighted by molar-refractivity contribution is -0.123. The zero-order valence-corrected chi connectivity index (χ0v) is 16.0. The maximum Gasteiger partial charge on any atom is 0.341 e. The van der Waals surface area contributed by atoms with Crippen LogP contribution < -0.4 is 20.1 Å². The van der Waals surface area contributed by atoms with Crippen molar-refractivity contribution in [3.05, 3.63) is 48.0 Å². The third-order valence-corrected chi connectivity index (χ3v) is 4.29. The number of esters is 1. The molecule has 1 aliphatic rings. The second-order valence-electron chi connectivity index (χ2n) is 6.43. The summed E-state index contributed by atoms with van der Waals surface area (Å²) in [5.41, 5.74) is 1.64. The van der Waals surface area contributed by atoms with Crippen LogP contribution >= 0.6 is 0 Å². The number of nitrogens with one attached hydrogen (secondary N) is 2. The Bertz CT molecular complexity index is 852. The molecule has 2 aromatic rings. The Kier molecular flexibility index (Phi) is 6.37. The van der Waals surface area contributed by atoms with Crippen LogP contribution in [0.1, 0.15) is 37.0 Å². The Labute approximate surface area is 164 Å². The molecule has 2 aromatic carbocycles. The van der Waals surface area contributed by atoms with Crippen molar-refractivity contribution in [2.24, 2.45) is 0 Å². The van der Waals surface area contributed by atoms with Crippen LogP contribution in [0.5, 0.6) is 11.5 Å². The third kappa shape index (κ3) is 4.73. The van der Waals surface area contributed by atoms with Crippen LogP contribution in [0.15, 0.2) is 42.5 Å². The van der Waals surface area contributed by atoms with E-state index in [1.807, 2.05) is 12.1 Å². The molecular formula is C21H24N2O5. The highest BCUT2D eigenvalue weighted by Gasteiger charge is 2.22. The van der Waals surface area contributed by atoms with E-state index < -0.39 is 18.0 Å². The lowest BCUT2D eigenvalue weighted by Gasteiger charge is -2.16. The first-order chi connectivity index (χ1) is 13.6. The second-order valence-corrected chi connectivity index (χ2v) is 6.43. The standard InChI is InChI=1S/C21H24N2O5/c1-3-4-11-22-17-8-6-5-7-16(17)21(25)28-14(2)20(24)23-15-9-10-18-19(12-15)27-13-26-18/h5-10,12,14,22H,3-4,11,13H2,1-2H3,(H,23,24)/t14-/m0/s1. The van der Waals surface area contributed by atoms with Gasteiger partial charge in [0.25, 0.3) is 5.91 Å². The van der Waals surface area contributed by atoms with E-state index in [1.165, 1.54) is 6.92 Å². The van der Waals surface area contributed by atoms with Gasteiger partial charge in [0, 0.05) is 24.0 Å². The summed E-state index contributed by atoms with van der Waals surface area (Å²) < 4.78 is 15.9. The van der Waals surface area contributed by atoms with Crippen LogP contribution in [0.2, 0.25) is 0 Å². The summed E-state index contributed by atoms with van der Waals surface area (Å²) >= 11 is 0. The number of carbonyl (C=O) groups excluding carboxylic acids is 2. The van der Waals surface area contributed by atoms with Gasteiger partial charge in [0.15, 0.2) is 17.6 Å². The molecule has 1 aliphatic heterocycles. The Morgan fingerprint density at radius 2 is 1.93 bits per heavy atom. The molecule has 0 spiro atoms. The van der Waals surface area contributed by atoms with Crippen molar-refractivity contribution in [3.63, 3.8) is 0 Å². The third-order valence-electron chi connectivity index (χ3n) is 4.29. The molecule has 0 aliphatic carbocycles. The second kappa shape index (κ2) is 9.12. The zero-order valence-electron chi connectivity index (χ0n) is 16.0. The van der Waals surface area contributed by atoms with Gasteiger partial charge in [0.1, 0.15) is 0 Å². The minimum atomic E-state index is -0.957. The summed E-state index contributed by atoms with van der Waals surface area (Å²) in [7, 11) is 0. The van der Waals surface area contributed by atoms with Crippen LogP contribution in [0, 0.1) is 0 Å². The number of ether oxygens (including phenoxy) is 3. The van der Waals surface area contributed by atoms with Gasteiger partial charge in [-0.2, -0.15) is 0 Å². The average Bonchev–Trinajstić information content (AvgIpc) is 3.16. The van der Waals surface area contributed by atoms with Gasteiger partial charge in [-0.1, -0.05) is 25.5 Å². The highest BCUT2D eigenvalue weighted by atomic mass is 16.7.